The van der Waals surface area contributed by atoms with Gasteiger partial charge in [-0.25, -0.2) is 0 Å². The number of rotatable bonds is 5. The molecule has 25 heavy (non-hydrogen) atoms. The number of anilines is 1. The molecule has 0 spiro atoms. The molecule has 0 bridgehead atoms. The van der Waals surface area contributed by atoms with Crippen molar-refractivity contribution in [1.29, 1.82) is 0 Å². The molecule has 5 nitrogen and oxygen atoms in total. The Labute approximate surface area is 154 Å². The van der Waals surface area contributed by atoms with E-state index in [1.807, 2.05) is 36.4 Å². The minimum Gasteiger partial charge on any atom is -0.496 e. The van der Waals surface area contributed by atoms with Crippen LogP contribution >= 0.6 is 23.2 Å². The predicted molar refractivity (Wildman–Crippen MR) is 98.1 cm³/mol. The molecule has 0 fully saturated rings. The molecule has 0 saturated carbocycles. The lowest BCUT2D eigenvalue weighted by atomic mass is 10.1. The van der Waals surface area contributed by atoms with Crippen molar-refractivity contribution in [3.05, 3.63) is 54.6 Å². The number of nitrogens with zero attached hydrogens (tertiary/aromatic N) is 1. The van der Waals surface area contributed by atoms with Crippen LogP contribution < -0.4 is 10.1 Å². The molecule has 7 heteroatoms. The van der Waals surface area contributed by atoms with Crippen LogP contribution in [0.5, 0.6) is 5.75 Å². The number of ether oxygens (including phenoxy) is 1. The Kier molecular flexibility index (Phi) is 5.26. The molecule has 0 unspecified atom stereocenters. The van der Waals surface area contributed by atoms with E-state index in [2.05, 4.69) is 10.5 Å². The molecule has 0 aliphatic rings. The highest BCUT2D eigenvalue weighted by molar-refractivity contribution is 6.54. The lowest BCUT2D eigenvalue weighted by Gasteiger charge is -2.06. The Morgan fingerprint density at radius 3 is 2.72 bits per heavy atom. The lowest BCUT2D eigenvalue weighted by molar-refractivity contribution is -0.114. The standard InChI is InChI=1S/C18H14Cl2N2O3/c1-24-15-8-3-2-7-13(15)14-10-16(25-22-14)11-5-4-6-12(9-11)21-18(23)17(19)20/h2-10,17H,1H3,(H,21,23). The van der Waals surface area contributed by atoms with Gasteiger partial charge < -0.3 is 14.6 Å². The summed E-state index contributed by atoms with van der Waals surface area (Å²) in [5, 5.41) is 6.73. The predicted octanol–water partition coefficient (Wildman–Crippen LogP) is 4.76. The second kappa shape index (κ2) is 7.59. The van der Waals surface area contributed by atoms with E-state index in [-0.39, 0.29) is 0 Å². The summed E-state index contributed by atoms with van der Waals surface area (Å²) < 4.78 is 10.8. The van der Waals surface area contributed by atoms with Gasteiger partial charge >= 0.3 is 0 Å². The zero-order chi connectivity index (χ0) is 17.8. The van der Waals surface area contributed by atoms with Crippen LogP contribution in [0, 0.1) is 0 Å². The van der Waals surface area contributed by atoms with Crippen LogP contribution in [0.3, 0.4) is 0 Å². The smallest absolute Gasteiger partial charge is 0.257 e. The second-order valence-electron chi connectivity index (χ2n) is 5.15. The highest BCUT2D eigenvalue weighted by Crippen LogP contribution is 2.32. The van der Waals surface area contributed by atoms with Gasteiger partial charge in [-0.05, 0) is 24.3 Å². The van der Waals surface area contributed by atoms with Crippen molar-refractivity contribution in [2.45, 2.75) is 4.84 Å². The summed E-state index contributed by atoms with van der Waals surface area (Å²) in [5.74, 6) is 0.775. The topological polar surface area (TPSA) is 64.4 Å². The number of carbonyl (C=O) groups excluding carboxylic acids is 1. The van der Waals surface area contributed by atoms with E-state index < -0.39 is 10.7 Å². The molecule has 2 aromatic carbocycles. The van der Waals surface area contributed by atoms with Gasteiger partial charge in [0.05, 0.1) is 7.11 Å². The Bertz CT molecular complexity index is 893. The van der Waals surface area contributed by atoms with Gasteiger partial charge in [-0.1, -0.05) is 52.6 Å². The number of amides is 1. The van der Waals surface area contributed by atoms with Crippen LogP contribution in [0.15, 0.2) is 59.1 Å². The number of alkyl halides is 2. The molecule has 128 valence electrons. The normalized spacial score (nSPS) is 10.7. The molecule has 0 radical (unpaired) electrons. The number of hydrogen-bond donors (Lipinski definition) is 1. The highest BCUT2D eigenvalue weighted by atomic mass is 35.5. The van der Waals surface area contributed by atoms with E-state index in [4.69, 9.17) is 32.5 Å². The fraction of sp³-hybridized carbons (Fsp3) is 0.111. The SMILES string of the molecule is COc1ccccc1-c1cc(-c2cccc(NC(=O)C(Cl)Cl)c2)on1. The number of benzene rings is 2. The Balaban J connectivity index is 1.89. The third kappa shape index (κ3) is 3.95. The number of nitrogens with one attached hydrogen (secondary N) is 1. The molecule has 3 rings (SSSR count). The van der Waals surface area contributed by atoms with Crippen LogP contribution in [0.4, 0.5) is 5.69 Å². The van der Waals surface area contributed by atoms with Crippen molar-refractivity contribution in [2.24, 2.45) is 0 Å². The first kappa shape index (κ1) is 17.3. The van der Waals surface area contributed by atoms with Gasteiger partial charge in [0, 0.05) is 22.9 Å². The second-order valence-corrected chi connectivity index (χ2v) is 6.24. The van der Waals surface area contributed by atoms with Crippen LogP contribution in [-0.2, 0) is 4.79 Å². The fourth-order valence-corrected chi connectivity index (χ4v) is 2.45. The fourth-order valence-electron chi connectivity index (χ4n) is 2.34. The monoisotopic (exact) mass is 376 g/mol. The van der Waals surface area contributed by atoms with Crippen LogP contribution in [0.25, 0.3) is 22.6 Å². The van der Waals surface area contributed by atoms with Crippen molar-refractivity contribution in [3.8, 4) is 28.3 Å². The van der Waals surface area contributed by atoms with Gasteiger partial charge in [-0.15, -0.1) is 0 Å². The van der Waals surface area contributed by atoms with E-state index in [9.17, 15) is 4.79 Å². The summed E-state index contributed by atoms with van der Waals surface area (Å²) >= 11 is 11.1. The Hall–Kier alpha value is -2.50. The maximum absolute atomic E-state index is 11.6. The minimum absolute atomic E-state index is 0.493. The molecule has 0 atom stereocenters. The Morgan fingerprint density at radius 2 is 1.96 bits per heavy atom. The molecule has 1 heterocycles. The number of para-hydroxylation sites is 1. The first-order valence-corrected chi connectivity index (χ1v) is 8.25. The zero-order valence-electron chi connectivity index (χ0n) is 13.2. The number of aromatic nitrogens is 1. The van der Waals surface area contributed by atoms with Crippen molar-refractivity contribution in [1.82, 2.24) is 5.16 Å². The van der Waals surface area contributed by atoms with E-state index in [1.165, 1.54) is 0 Å². The van der Waals surface area contributed by atoms with Crippen molar-refractivity contribution >= 4 is 34.8 Å². The third-order valence-corrected chi connectivity index (χ3v) is 3.90. The van der Waals surface area contributed by atoms with Crippen LogP contribution in [0.2, 0.25) is 0 Å². The summed E-state index contributed by atoms with van der Waals surface area (Å²) in [4.78, 5) is 10.5. The van der Waals surface area contributed by atoms with Gasteiger partial charge in [-0.3, -0.25) is 4.79 Å². The zero-order valence-corrected chi connectivity index (χ0v) is 14.7. The number of hydrogen-bond acceptors (Lipinski definition) is 4. The average Bonchev–Trinajstić information content (AvgIpc) is 3.11. The van der Waals surface area contributed by atoms with Crippen LogP contribution in [0.1, 0.15) is 0 Å². The molecular formula is C18H14Cl2N2O3. The molecule has 1 N–H and O–H groups in total. The highest BCUT2D eigenvalue weighted by Gasteiger charge is 2.14. The van der Waals surface area contributed by atoms with Gasteiger partial charge in [0.25, 0.3) is 5.91 Å². The van der Waals surface area contributed by atoms with Gasteiger partial charge in [-0.2, -0.15) is 0 Å². The molecule has 0 aliphatic heterocycles. The summed E-state index contributed by atoms with van der Waals surface area (Å²) in [6, 6.07) is 16.5. The van der Waals surface area contributed by atoms with Gasteiger partial charge in [0.2, 0.25) is 0 Å². The van der Waals surface area contributed by atoms with E-state index in [0.717, 1.165) is 11.1 Å². The maximum Gasteiger partial charge on any atom is 0.257 e. The summed E-state index contributed by atoms with van der Waals surface area (Å²) in [7, 11) is 1.60. The first-order chi connectivity index (χ1) is 12.1. The van der Waals surface area contributed by atoms with Crippen molar-refractivity contribution < 1.29 is 14.1 Å². The lowest BCUT2D eigenvalue weighted by Crippen LogP contribution is -2.18. The third-order valence-electron chi connectivity index (χ3n) is 3.51. The number of methoxy groups -OCH3 is 1. The van der Waals surface area contributed by atoms with Crippen molar-refractivity contribution in [3.63, 3.8) is 0 Å². The van der Waals surface area contributed by atoms with Gasteiger partial charge in [0.1, 0.15) is 11.4 Å². The molecular weight excluding hydrogens is 363 g/mol. The summed E-state index contributed by atoms with van der Waals surface area (Å²) in [5.41, 5.74) is 2.80. The number of halogens is 2. The number of carbonyl (C=O) groups is 1. The molecule has 3 aromatic rings. The van der Waals surface area contributed by atoms with Crippen molar-refractivity contribution in [2.75, 3.05) is 12.4 Å². The van der Waals surface area contributed by atoms with Crippen LogP contribution in [-0.4, -0.2) is 23.0 Å². The van der Waals surface area contributed by atoms with E-state index in [0.29, 0.717) is 22.9 Å². The van der Waals surface area contributed by atoms with E-state index in [1.54, 1.807) is 25.3 Å². The summed E-state index contributed by atoms with van der Waals surface area (Å²) in [6.07, 6.45) is 0. The minimum atomic E-state index is -1.13. The quantitative estimate of drug-likeness (QED) is 0.652. The molecule has 0 saturated heterocycles. The maximum atomic E-state index is 11.6. The Morgan fingerprint density at radius 1 is 1.16 bits per heavy atom. The average molecular weight is 377 g/mol. The summed E-state index contributed by atoms with van der Waals surface area (Å²) in [6.45, 7) is 0. The molecule has 0 aliphatic carbocycles. The van der Waals surface area contributed by atoms with Gasteiger partial charge in [0.15, 0.2) is 10.6 Å². The first-order valence-electron chi connectivity index (χ1n) is 7.38. The van der Waals surface area contributed by atoms with E-state index >= 15 is 0 Å². The molecule has 1 amide bonds. The molecule has 1 aromatic heterocycles. The largest absolute Gasteiger partial charge is 0.496 e.